The van der Waals surface area contributed by atoms with Crippen LogP contribution in [0.2, 0.25) is 0 Å². The Balaban J connectivity index is 1.31. The molecule has 0 radical (unpaired) electrons. The maximum Gasteiger partial charge on any atom is 0.251 e. The number of anilines is 2. The van der Waals surface area contributed by atoms with Crippen LogP contribution in [-0.2, 0) is 0 Å². The summed E-state index contributed by atoms with van der Waals surface area (Å²) in [6, 6.07) is 17.7. The van der Waals surface area contributed by atoms with Gasteiger partial charge in [0.05, 0.1) is 5.69 Å². The van der Waals surface area contributed by atoms with Crippen molar-refractivity contribution >= 4 is 17.4 Å². The quantitative estimate of drug-likeness (QED) is 0.477. The predicted octanol–water partition coefficient (Wildman–Crippen LogP) is 5.05. The molecule has 0 atom stereocenters. The molecule has 0 saturated carbocycles. The molecule has 6 nitrogen and oxygen atoms in total. The highest BCUT2D eigenvalue weighted by Gasteiger charge is 2.15. The molecule has 0 aliphatic carbocycles. The topological polar surface area (TPSA) is 70.2 Å². The summed E-state index contributed by atoms with van der Waals surface area (Å²) in [7, 11) is 0. The molecule has 3 aromatic rings. The number of piperidine rings is 1. The number of nitrogens with zero attached hydrogens (tertiary/aromatic N) is 3. The van der Waals surface area contributed by atoms with Crippen LogP contribution in [0.25, 0.3) is 11.3 Å². The molecule has 1 aliphatic rings. The lowest BCUT2D eigenvalue weighted by molar-refractivity contribution is 0.0950. The second-order valence-electron chi connectivity index (χ2n) is 8.99. The standard InChI is InChI=1S/C27H33N5O/c1-20-7-9-22(10-8-20)25-18-26(30-19-29-25)31-24-6-3-5-23(17-24)27(33)28-13-4-14-32-15-11-21(2)12-16-32/h3,5-10,17-19,21H,4,11-16H2,1-2H3,(H,28,33)(H,29,30,31). The van der Waals surface area contributed by atoms with Gasteiger partial charge in [0.1, 0.15) is 12.1 Å². The van der Waals surface area contributed by atoms with Crippen molar-refractivity contribution in [2.75, 3.05) is 31.5 Å². The molecular weight excluding hydrogens is 410 g/mol. The number of amides is 1. The first kappa shape index (κ1) is 22.9. The van der Waals surface area contributed by atoms with Crippen LogP contribution in [0.4, 0.5) is 11.5 Å². The van der Waals surface area contributed by atoms with E-state index in [0.29, 0.717) is 17.9 Å². The van der Waals surface area contributed by atoms with Crippen LogP contribution < -0.4 is 10.6 Å². The van der Waals surface area contributed by atoms with Crippen LogP contribution in [0.3, 0.4) is 0 Å². The molecule has 172 valence electrons. The first-order valence-electron chi connectivity index (χ1n) is 11.8. The van der Waals surface area contributed by atoms with Gasteiger partial charge in [-0.25, -0.2) is 9.97 Å². The third-order valence-electron chi connectivity index (χ3n) is 6.22. The average Bonchev–Trinajstić information content (AvgIpc) is 2.84. The SMILES string of the molecule is Cc1ccc(-c2cc(Nc3cccc(C(=O)NCCCN4CCC(C)CC4)c3)ncn2)cc1. The highest BCUT2D eigenvalue weighted by molar-refractivity contribution is 5.95. The fraction of sp³-hybridized carbons (Fsp3) is 0.370. The molecule has 0 spiro atoms. The minimum atomic E-state index is -0.0473. The number of carbonyl (C=O) groups is 1. The van der Waals surface area contributed by atoms with E-state index < -0.39 is 0 Å². The van der Waals surface area contributed by atoms with Gasteiger partial charge in [-0.3, -0.25) is 4.79 Å². The lowest BCUT2D eigenvalue weighted by Gasteiger charge is -2.30. The fourth-order valence-corrected chi connectivity index (χ4v) is 4.09. The van der Waals surface area contributed by atoms with E-state index in [1.807, 2.05) is 30.3 Å². The van der Waals surface area contributed by atoms with E-state index in [1.54, 1.807) is 6.33 Å². The van der Waals surface area contributed by atoms with Gasteiger partial charge in [0.25, 0.3) is 5.91 Å². The lowest BCUT2D eigenvalue weighted by Crippen LogP contribution is -2.35. The first-order chi connectivity index (χ1) is 16.1. The maximum atomic E-state index is 12.6. The zero-order valence-corrected chi connectivity index (χ0v) is 19.6. The van der Waals surface area contributed by atoms with Gasteiger partial charge in [-0.05, 0) is 69.9 Å². The third-order valence-corrected chi connectivity index (χ3v) is 6.22. The zero-order valence-electron chi connectivity index (χ0n) is 19.6. The Hall–Kier alpha value is -3.25. The average molecular weight is 444 g/mol. The van der Waals surface area contributed by atoms with E-state index >= 15 is 0 Å². The van der Waals surface area contributed by atoms with Crippen molar-refractivity contribution in [3.63, 3.8) is 0 Å². The molecule has 2 aromatic carbocycles. The minimum absolute atomic E-state index is 0.0473. The van der Waals surface area contributed by atoms with E-state index in [2.05, 4.69) is 63.6 Å². The van der Waals surface area contributed by atoms with Crippen LogP contribution in [0.15, 0.2) is 60.9 Å². The van der Waals surface area contributed by atoms with Crippen LogP contribution in [0.1, 0.15) is 42.1 Å². The van der Waals surface area contributed by atoms with Gasteiger partial charge < -0.3 is 15.5 Å². The molecule has 1 amide bonds. The number of nitrogens with one attached hydrogen (secondary N) is 2. The van der Waals surface area contributed by atoms with Gasteiger partial charge in [0.15, 0.2) is 0 Å². The van der Waals surface area contributed by atoms with Gasteiger partial charge in [0, 0.05) is 29.4 Å². The largest absolute Gasteiger partial charge is 0.352 e. The first-order valence-corrected chi connectivity index (χ1v) is 11.8. The van der Waals surface area contributed by atoms with Gasteiger partial charge in [-0.1, -0.05) is 42.8 Å². The molecule has 0 unspecified atom stereocenters. The third kappa shape index (κ3) is 6.62. The molecule has 1 saturated heterocycles. The number of likely N-dealkylation sites (tertiary alicyclic amines) is 1. The summed E-state index contributed by atoms with van der Waals surface area (Å²) >= 11 is 0. The Morgan fingerprint density at radius 1 is 1.06 bits per heavy atom. The summed E-state index contributed by atoms with van der Waals surface area (Å²) < 4.78 is 0. The molecule has 33 heavy (non-hydrogen) atoms. The Morgan fingerprint density at radius 2 is 1.85 bits per heavy atom. The van der Waals surface area contributed by atoms with Gasteiger partial charge in [-0.2, -0.15) is 0 Å². The number of carbonyl (C=O) groups excluding carboxylic acids is 1. The monoisotopic (exact) mass is 443 g/mol. The maximum absolute atomic E-state index is 12.6. The van der Waals surface area contributed by atoms with Crippen LogP contribution in [0.5, 0.6) is 0 Å². The highest BCUT2D eigenvalue weighted by Crippen LogP contribution is 2.22. The van der Waals surface area contributed by atoms with E-state index in [4.69, 9.17) is 0 Å². The molecular formula is C27H33N5O. The zero-order chi connectivity index (χ0) is 23.0. The number of rotatable bonds is 8. The van der Waals surface area contributed by atoms with Crippen molar-refractivity contribution in [1.29, 1.82) is 0 Å². The van der Waals surface area contributed by atoms with Crippen molar-refractivity contribution in [3.05, 3.63) is 72.1 Å². The van der Waals surface area contributed by atoms with Gasteiger partial charge >= 0.3 is 0 Å². The fourth-order valence-electron chi connectivity index (χ4n) is 4.09. The molecule has 1 aromatic heterocycles. The molecule has 6 heteroatoms. The summed E-state index contributed by atoms with van der Waals surface area (Å²) in [5.74, 6) is 1.49. The number of hydrogen-bond acceptors (Lipinski definition) is 5. The smallest absolute Gasteiger partial charge is 0.251 e. The van der Waals surface area contributed by atoms with E-state index in [1.165, 1.54) is 31.5 Å². The summed E-state index contributed by atoms with van der Waals surface area (Å²) in [6.07, 6.45) is 5.09. The predicted molar refractivity (Wildman–Crippen MR) is 134 cm³/mol. The minimum Gasteiger partial charge on any atom is -0.352 e. The number of hydrogen-bond donors (Lipinski definition) is 2. The number of aryl methyl sites for hydroxylation is 1. The van der Waals surface area contributed by atoms with Crippen molar-refractivity contribution in [2.24, 2.45) is 5.92 Å². The Morgan fingerprint density at radius 3 is 2.64 bits per heavy atom. The molecule has 0 bridgehead atoms. The summed E-state index contributed by atoms with van der Waals surface area (Å²) in [4.78, 5) is 23.9. The Labute approximate surface area is 196 Å². The molecule has 4 rings (SSSR count). The molecule has 1 fully saturated rings. The van der Waals surface area contributed by atoms with Crippen LogP contribution >= 0.6 is 0 Å². The number of benzene rings is 2. The van der Waals surface area contributed by atoms with Crippen LogP contribution in [0, 0.1) is 12.8 Å². The van der Waals surface area contributed by atoms with E-state index in [9.17, 15) is 4.79 Å². The summed E-state index contributed by atoms with van der Waals surface area (Å²) in [6.45, 7) is 8.48. The van der Waals surface area contributed by atoms with Gasteiger partial charge in [0.2, 0.25) is 0 Å². The highest BCUT2D eigenvalue weighted by atomic mass is 16.1. The number of aromatic nitrogens is 2. The van der Waals surface area contributed by atoms with Crippen molar-refractivity contribution in [1.82, 2.24) is 20.2 Å². The molecule has 1 aliphatic heterocycles. The second kappa shape index (κ2) is 11.1. The molecule has 2 heterocycles. The Bertz CT molecular complexity index is 1060. The second-order valence-corrected chi connectivity index (χ2v) is 8.99. The van der Waals surface area contributed by atoms with Crippen LogP contribution in [-0.4, -0.2) is 47.0 Å². The lowest BCUT2D eigenvalue weighted by atomic mass is 9.99. The summed E-state index contributed by atoms with van der Waals surface area (Å²) in [5, 5.41) is 6.35. The van der Waals surface area contributed by atoms with Gasteiger partial charge in [-0.15, -0.1) is 0 Å². The normalized spacial score (nSPS) is 14.7. The van der Waals surface area contributed by atoms with Crippen molar-refractivity contribution < 1.29 is 4.79 Å². The van der Waals surface area contributed by atoms with Crippen molar-refractivity contribution in [2.45, 2.75) is 33.1 Å². The van der Waals surface area contributed by atoms with E-state index in [0.717, 1.165) is 35.8 Å². The Kier molecular flexibility index (Phi) is 7.68. The summed E-state index contributed by atoms with van der Waals surface area (Å²) in [5.41, 5.74) is 4.56. The molecule has 2 N–H and O–H groups in total. The van der Waals surface area contributed by atoms with Crippen molar-refractivity contribution in [3.8, 4) is 11.3 Å². The van der Waals surface area contributed by atoms with E-state index in [-0.39, 0.29) is 5.91 Å².